The van der Waals surface area contributed by atoms with E-state index in [2.05, 4.69) is 24.0 Å². The van der Waals surface area contributed by atoms with Crippen LogP contribution in [0.2, 0.25) is 0 Å². The van der Waals surface area contributed by atoms with Gasteiger partial charge in [-0.1, -0.05) is 29.8 Å². The third kappa shape index (κ3) is 2.08. The first-order valence-electron chi connectivity index (χ1n) is 5.04. The molecule has 2 aromatic rings. The molecular weight excluding hydrogens is 198 g/mol. The summed E-state index contributed by atoms with van der Waals surface area (Å²) < 4.78 is 0. The lowest BCUT2D eigenvalue weighted by Gasteiger charge is -2.02. The molecule has 0 saturated carbocycles. The first-order valence-corrected chi connectivity index (χ1v) is 5.04. The van der Waals surface area contributed by atoms with Crippen LogP contribution in [0.25, 0.3) is 11.3 Å². The summed E-state index contributed by atoms with van der Waals surface area (Å²) in [6.07, 6.45) is 1.62. The average molecular weight is 211 g/mol. The predicted molar refractivity (Wildman–Crippen MR) is 65.4 cm³/mol. The number of nitrogens with zero attached hydrogens (tertiary/aromatic N) is 1. The number of nitrogen functional groups attached to an aromatic ring is 1. The average Bonchev–Trinajstić information content (AvgIpc) is 2.30. The summed E-state index contributed by atoms with van der Waals surface area (Å²) in [7, 11) is 0. The standard InChI is InChI=1S/C13H13N3/c1-9-2-4-10(5-3-9)12-7-6-11(8-16-12)13(14)15/h2-8H,1H3,(H3,14,15). The molecule has 3 nitrogen and oxygen atoms in total. The molecular formula is C13H13N3. The third-order valence-electron chi connectivity index (χ3n) is 2.42. The van der Waals surface area contributed by atoms with E-state index < -0.39 is 0 Å². The van der Waals surface area contributed by atoms with Crippen molar-refractivity contribution >= 4 is 5.84 Å². The number of hydrogen-bond donors (Lipinski definition) is 2. The number of benzene rings is 1. The molecule has 0 unspecified atom stereocenters. The van der Waals surface area contributed by atoms with Crippen molar-refractivity contribution in [1.29, 1.82) is 5.41 Å². The molecule has 3 heteroatoms. The van der Waals surface area contributed by atoms with Crippen LogP contribution < -0.4 is 5.73 Å². The van der Waals surface area contributed by atoms with Gasteiger partial charge in [-0.3, -0.25) is 10.4 Å². The van der Waals surface area contributed by atoms with Crippen molar-refractivity contribution < 1.29 is 0 Å². The molecule has 0 aliphatic rings. The maximum Gasteiger partial charge on any atom is 0.124 e. The molecule has 0 fully saturated rings. The molecule has 0 aliphatic carbocycles. The normalized spacial score (nSPS) is 10.1. The smallest absolute Gasteiger partial charge is 0.124 e. The number of aryl methyl sites for hydroxylation is 1. The number of nitrogens with two attached hydrogens (primary N) is 1. The van der Waals surface area contributed by atoms with E-state index in [1.54, 1.807) is 6.20 Å². The molecule has 0 bridgehead atoms. The van der Waals surface area contributed by atoms with Crippen LogP contribution in [0.4, 0.5) is 0 Å². The molecule has 3 N–H and O–H groups in total. The number of rotatable bonds is 2. The predicted octanol–water partition coefficient (Wildman–Crippen LogP) is 2.34. The minimum atomic E-state index is 0.0444. The van der Waals surface area contributed by atoms with Crippen LogP contribution in [0.1, 0.15) is 11.1 Å². The SMILES string of the molecule is Cc1ccc(-c2ccc(C(=N)N)cn2)cc1. The van der Waals surface area contributed by atoms with Gasteiger partial charge in [-0.25, -0.2) is 0 Å². The van der Waals surface area contributed by atoms with Crippen LogP contribution in [-0.4, -0.2) is 10.8 Å². The van der Waals surface area contributed by atoms with Gasteiger partial charge in [-0.15, -0.1) is 0 Å². The second kappa shape index (κ2) is 4.14. The molecule has 1 heterocycles. The van der Waals surface area contributed by atoms with Crippen LogP contribution in [0.5, 0.6) is 0 Å². The summed E-state index contributed by atoms with van der Waals surface area (Å²) >= 11 is 0. The quantitative estimate of drug-likeness (QED) is 0.591. The molecule has 0 radical (unpaired) electrons. The Kier molecular flexibility index (Phi) is 2.68. The largest absolute Gasteiger partial charge is 0.384 e. The second-order valence-electron chi connectivity index (χ2n) is 3.71. The van der Waals surface area contributed by atoms with Crippen molar-refractivity contribution in [3.63, 3.8) is 0 Å². The van der Waals surface area contributed by atoms with Gasteiger partial charge in [0.2, 0.25) is 0 Å². The zero-order chi connectivity index (χ0) is 11.5. The van der Waals surface area contributed by atoms with Gasteiger partial charge >= 0.3 is 0 Å². The highest BCUT2D eigenvalue weighted by atomic mass is 14.7. The van der Waals surface area contributed by atoms with Crippen LogP contribution in [0.3, 0.4) is 0 Å². The zero-order valence-electron chi connectivity index (χ0n) is 9.07. The van der Waals surface area contributed by atoms with E-state index in [0.29, 0.717) is 5.56 Å². The lowest BCUT2D eigenvalue weighted by Crippen LogP contribution is -2.11. The Hall–Kier alpha value is -2.16. The molecule has 0 saturated heterocycles. The minimum absolute atomic E-state index is 0.0444. The molecule has 0 atom stereocenters. The highest BCUT2D eigenvalue weighted by molar-refractivity contribution is 5.94. The van der Waals surface area contributed by atoms with Gasteiger partial charge in [0.15, 0.2) is 0 Å². The molecule has 80 valence electrons. The number of amidine groups is 1. The van der Waals surface area contributed by atoms with Crippen molar-refractivity contribution in [1.82, 2.24) is 4.98 Å². The summed E-state index contributed by atoms with van der Waals surface area (Å²) in [6, 6.07) is 11.9. The highest BCUT2D eigenvalue weighted by Gasteiger charge is 2.00. The summed E-state index contributed by atoms with van der Waals surface area (Å²) in [5.41, 5.74) is 9.20. The van der Waals surface area contributed by atoms with Gasteiger partial charge in [0.1, 0.15) is 5.84 Å². The number of pyridine rings is 1. The summed E-state index contributed by atoms with van der Waals surface area (Å²) in [4.78, 5) is 4.28. The van der Waals surface area contributed by atoms with Gasteiger partial charge in [0, 0.05) is 17.3 Å². The number of nitrogens with one attached hydrogen (secondary N) is 1. The molecule has 1 aromatic heterocycles. The van der Waals surface area contributed by atoms with Gasteiger partial charge in [-0.05, 0) is 19.1 Å². The Morgan fingerprint density at radius 1 is 1.12 bits per heavy atom. The first-order chi connectivity index (χ1) is 7.66. The molecule has 0 spiro atoms. The lowest BCUT2D eigenvalue weighted by atomic mass is 10.1. The monoisotopic (exact) mass is 211 g/mol. The fourth-order valence-electron chi connectivity index (χ4n) is 1.45. The van der Waals surface area contributed by atoms with Crippen molar-refractivity contribution in [3.8, 4) is 11.3 Å². The van der Waals surface area contributed by atoms with Crippen LogP contribution in [0, 0.1) is 12.3 Å². The van der Waals surface area contributed by atoms with Gasteiger partial charge in [-0.2, -0.15) is 0 Å². The Bertz CT molecular complexity index is 498. The Morgan fingerprint density at radius 3 is 2.31 bits per heavy atom. The van der Waals surface area contributed by atoms with E-state index in [9.17, 15) is 0 Å². The lowest BCUT2D eigenvalue weighted by molar-refractivity contribution is 1.29. The Labute approximate surface area is 94.5 Å². The van der Waals surface area contributed by atoms with Crippen molar-refractivity contribution in [3.05, 3.63) is 53.7 Å². The fraction of sp³-hybridized carbons (Fsp3) is 0.0769. The molecule has 1 aromatic carbocycles. The van der Waals surface area contributed by atoms with Crippen LogP contribution in [0.15, 0.2) is 42.6 Å². The first kappa shape index (κ1) is 10.4. The van der Waals surface area contributed by atoms with E-state index >= 15 is 0 Å². The number of hydrogen-bond acceptors (Lipinski definition) is 2. The Balaban J connectivity index is 2.34. The highest BCUT2D eigenvalue weighted by Crippen LogP contribution is 2.17. The van der Waals surface area contributed by atoms with Gasteiger partial charge in [0.25, 0.3) is 0 Å². The van der Waals surface area contributed by atoms with E-state index in [1.165, 1.54) is 5.56 Å². The van der Waals surface area contributed by atoms with E-state index in [1.807, 2.05) is 24.3 Å². The molecule has 16 heavy (non-hydrogen) atoms. The second-order valence-corrected chi connectivity index (χ2v) is 3.71. The van der Waals surface area contributed by atoms with Gasteiger partial charge in [0.05, 0.1) is 5.69 Å². The van der Waals surface area contributed by atoms with Crippen LogP contribution in [-0.2, 0) is 0 Å². The molecule has 2 rings (SSSR count). The zero-order valence-corrected chi connectivity index (χ0v) is 9.07. The fourth-order valence-corrected chi connectivity index (χ4v) is 1.45. The third-order valence-corrected chi connectivity index (χ3v) is 2.42. The van der Waals surface area contributed by atoms with Crippen molar-refractivity contribution in [2.45, 2.75) is 6.92 Å². The topological polar surface area (TPSA) is 62.8 Å². The maximum atomic E-state index is 7.28. The van der Waals surface area contributed by atoms with Crippen LogP contribution >= 0.6 is 0 Å². The van der Waals surface area contributed by atoms with E-state index in [-0.39, 0.29) is 5.84 Å². The number of aromatic nitrogens is 1. The summed E-state index contributed by atoms with van der Waals surface area (Å²) in [5, 5.41) is 7.28. The summed E-state index contributed by atoms with van der Waals surface area (Å²) in [5.74, 6) is 0.0444. The van der Waals surface area contributed by atoms with Crippen molar-refractivity contribution in [2.75, 3.05) is 0 Å². The van der Waals surface area contributed by atoms with Crippen molar-refractivity contribution in [2.24, 2.45) is 5.73 Å². The van der Waals surface area contributed by atoms with Gasteiger partial charge < -0.3 is 5.73 Å². The minimum Gasteiger partial charge on any atom is -0.384 e. The molecule has 0 amide bonds. The summed E-state index contributed by atoms with van der Waals surface area (Å²) in [6.45, 7) is 2.05. The maximum absolute atomic E-state index is 7.28. The Morgan fingerprint density at radius 2 is 1.81 bits per heavy atom. The van der Waals surface area contributed by atoms with E-state index in [4.69, 9.17) is 11.1 Å². The van der Waals surface area contributed by atoms with E-state index in [0.717, 1.165) is 11.3 Å². The molecule has 0 aliphatic heterocycles.